The van der Waals surface area contributed by atoms with E-state index in [-0.39, 0.29) is 5.56 Å². The fraction of sp³-hybridized carbons (Fsp3) is 0.591. The van der Waals surface area contributed by atoms with Gasteiger partial charge in [0.05, 0.1) is 6.61 Å². The summed E-state index contributed by atoms with van der Waals surface area (Å²) in [4.78, 5) is 35.9. The fourth-order valence-corrected chi connectivity index (χ4v) is 3.11. The lowest BCUT2D eigenvalue weighted by molar-refractivity contribution is -0.461. The van der Waals surface area contributed by atoms with Crippen LogP contribution in [0.2, 0.25) is 0 Å². The molecule has 0 aliphatic carbocycles. The van der Waals surface area contributed by atoms with Crippen LogP contribution in [0.15, 0.2) is 30.3 Å². The van der Waals surface area contributed by atoms with E-state index in [1.807, 2.05) is 0 Å². The Morgan fingerprint density at radius 2 is 1.07 bits per heavy atom. The average molecular weight is 681 g/mol. The summed E-state index contributed by atoms with van der Waals surface area (Å²) in [7, 11) is 0. The average Bonchev–Trinajstić information content (AvgIpc) is 2.88. The second kappa shape index (κ2) is 12.2. The number of hydrogen-bond acceptors (Lipinski definition) is 4. The van der Waals surface area contributed by atoms with Gasteiger partial charge in [-0.15, -0.1) is 0 Å². The Morgan fingerprint density at radius 1 is 0.659 bits per heavy atom. The number of amides is 1. The van der Waals surface area contributed by atoms with E-state index in [2.05, 4.69) is 4.74 Å². The number of hydrogen-bond donors (Lipinski definition) is 1. The highest BCUT2D eigenvalue weighted by atomic mass is 19.4. The Morgan fingerprint density at radius 3 is 1.48 bits per heavy atom. The Balaban J connectivity index is 3.18. The number of benzene rings is 1. The minimum Gasteiger partial charge on any atom is -0.464 e. The molecule has 1 rings (SSSR count). The third-order valence-electron chi connectivity index (χ3n) is 5.57. The van der Waals surface area contributed by atoms with Crippen LogP contribution in [0.3, 0.4) is 0 Å². The molecule has 0 aliphatic heterocycles. The first kappa shape index (κ1) is 38.7. The van der Waals surface area contributed by atoms with Crippen molar-refractivity contribution in [3.63, 3.8) is 0 Å². The minimum atomic E-state index is -8.73. The van der Waals surface area contributed by atoms with Crippen molar-refractivity contribution >= 4 is 17.7 Å². The highest BCUT2D eigenvalue weighted by Gasteiger charge is 2.95. The summed E-state index contributed by atoms with van der Waals surface area (Å²) in [5.74, 6) is -61.2. The third kappa shape index (κ3) is 6.52. The van der Waals surface area contributed by atoms with Gasteiger partial charge in [0.1, 0.15) is 0 Å². The smallest absolute Gasteiger partial charge is 0.460 e. The maximum Gasteiger partial charge on any atom is 0.460 e. The van der Waals surface area contributed by atoms with Crippen LogP contribution >= 0.6 is 0 Å². The molecule has 0 aliphatic rings. The maximum atomic E-state index is 14.0. The van der Waals surface area contributed by atoms with Crippen LogP contribution in [-0.2, 0) is 14.3 Å². The van der Waals surface area contributed by atoms with Gasteiger partial charge in [-0.2, -0.15) is 74.6 Å². The number of alkyl halides is 17. The molecule has 1 N–H and O–H groups in total. The SMILES string of the molecule is CC(=O)NC(C(=O)OCCCC(F)(F)C(F)(F)C(F)(F)C(F)(F)C(F)(F)C(F)(F)C(F)(F)C(F)(F)F)C(=O)c1ccccc1. The van der Waals surface area contributed by atoms with Gasteiger partial charge in [0.25, 0.3) is 0 Å². The number of ketones is 1. The topological polar surface area (TPSA) is 72.5 Å². The van der Waals surface area contributed by atoms with E-state index in [1.165, 1.54) is 18.2 Å². The Bertz CT molecular complexity index is 1200. The zero-order chi connectivity index (χ0) is 35.0. The fourth-order valence-electron chi connectivity index (χ4n) is 3.11. The first-order valence-electron chi connectivity index (χ1n) is 11.2. The maximum absolute atomic E-state index is 14.0. The number of halogens is 17. The van der Waals surface area contributed by atoms with Crippen molar-refractivity contribution in [3.05, 3.63) is 35.9 Å². The van der Waals surface area contributed by atoms with Gasteiger partial charge < -0.3 is 10.1 Å². The normalized spacial score (nSPS) is 15.0. The van der Waals surface area contributed by atoms with Crippen molar-refractivity contribution in [2.45, 2.75) is 73.4 Å². The van der Waals surface area contributed by atoms with E-state index in [0.29, 0.717) is 0 Å². The standard InChI is InChI=1S/C22H16F17NO4/c1-10(41)40-12(13(42)11-6-3-2-4-7-11)14(43)44-9-5-8-15(23,24)16(25,26)17(27,28)18(29,30)19(31,32)20(33,34)21(35,36)22(37,38)39/h2-4,6-7,12H,5,8-9H2,1H3,(H,40,41). The van der Waals surface area contributed by atoms with Gasteiger partial charge in [0, 0.05) is 18.9 Å². The zero-order valence-electron chi connectivity index (χ0n) is 21.1. The highest BCUT2D eigenvalue weighted by Crippen LogP contribution is 2.64. The number of Topliss-reactive ketones (excluding diaryl/α,β-unsaturated/α-hetero) is 1. The molecule has 0 spiro atoms. The number of ether oxygens (including phenoxy) is 1. The lowest BCUT2D eigenvalue weighted by atomic mass is 9.88. The van der Waals surface area contributed by atoms with E-state index >= 15 is 0 Å². The molecule has 0 aromatic heterocycles. The van der Waals surface area contributed by atoms with E-state index in [0.717, 1.165) is 19.1 Å². The first-order chi connectivity index (χ1) is 19.5. The summed E-state index contributed by atoms with van der Waals surface area (Å²) in [6.45, 7) is -0.780. The van der Waals surface area contributed by atoms with E-state index in [4.69, 9.17) is 0 Å². The summed E-state index contributed by atoms with van der Waals surface area (Å²) >= 11 is 0. The van der Waals surface area contributed by atoms with Gasteiger partial charge in [-0.1, -0.05) is 30.3 Å². The molecule has 0 fully saturated rings. The molecule has 22 heteroatoms. The van der Waals surface area contributed by atoms with Crippen molar-refractivity contribution in [2.24, 2.45) is 0 Å². The van der Waals surface area contributed by atoms with E-state index in [1.54, 1.807) is 5.32 Å². The quantitative estimate of drug-likeness (QED) is 0.0780. The molecular formula is C22H16F17NO4. The summed E-state index contributed by atoms with van der Waals surface area (Å²) in [6.07, 6.45) is -12.4. The van der Waals surface area contributed by atoms with Crippen LogP contribution in [0.1, 0.15) is 30.1 Å². The molecule has 0 saturated heterocycles. The molecule has 44 heavy (non-hydrogen) atoms. The molecule has 1 amide bonds. The van der Waals surface area contributed by atoms with Crippen LogP contribution in [-0.4, -0.2) is 77.9 Å². The Kier molecular flexibility index (Phi) is 10.7. The Labute approximate surface area is 233 Å². The highest BCUT2D eigenvalue weighted by molar-refractivity contribution is 6.13. The lowest BCUT2D eigenvalue weighted by Crippen LogP contribution is -2.74. The van der Waals surface area contributed by atoms with Crippen LogP contribution in [0.4, 0.5) is 74.6 Å². The summed E-state index contributed by atoms with van der Waals surface area (Å²) in [5, 5.41) is 1.77. The molecule has 1 atom stereocenters. The predicted octanol–water partition coefficient (Wildman–Crippen LogP) is 6.71. The molecule has 1 aromatic carbocycles. The van der Waals surface area contributed by atoms with Crippen LogP contribution < -0.4 is 5.32 Å². The van der Waals surface area contributed by atoms with Crippen LogP contribution in [0.25, 0.3) is 0 Å². The monoisotopic (exact) mass is 681 g/mol. The molecule has 0 heterocycles. The molecule has 0 radical (unpaired) electrons. The van der Waals surface area contributed by atoms with Gasteiger partial charge >= 0.3 is 53.6 Å². The van der Waals surface area contributed by atoms with Gasteiger partial charge in [-0.05, 0) is 6.42 Å². The molecule has 1 unspecified atom stereocenters. The molecule has 0 bridgehead atoms. The van der Waals surface area contributed by atoms with Crippen molar-refractivity contribution in [3.8, 4) is 0 Å². The van der Waals surface area contributed by atoms with Gasteiger partial charge in [-0.25, -0.2) is 4.79 Å². The predicted molar refractivity (Wildman–Crippen MR) is 109 cm³/mol. The molecule has 0 saturated carbocycles. The second-order valence-electron chi connectivity index (χ2n) is 8.78. The van der Waals surface area contributed by atoms with Crippen molar-refractivity contribution < 1.29 is 93.8 Å². The summed E-state index contributed by atoms with van der Waals surface area (Å²) < 4.78 is 231. The van der Waals surface area contributed by atoms with E-state index in [9.17, 15) is 89.0 Å². The number of esters is 1. The number of nitrogens with one attached hydrogen (secondary N) is 1. The van der Waals surface area contributed by atoms with Crippen LogP contribution in [0.5, 0.6) is 0 Å². The number of carbonyl (C=O) groups excluding carboxylic acids is 3. The molecule has 252 valence electrons. The van der Waals surface area contributed by atoms with Crippen molar-refractivity contribution in [1.29, 1.82) is 0 Å². The summed E-state index contributed by atoms with van der Waals surface area (Å²) in [5.41, 5.74) is -0.243. The van der Waals surface area contributed by atoms with Crippen LogP contribution in [0, 0.1) is 0 Å². The van der Waals surface area contributed by atoms with Gasteiger partial charge in [0.15, 0.2) is 11.8 Å². The first-order valence-corrected chi connectivity index (χ1v) is 11.2. The zero-order valence-corrected chi connectivity index (χ0v) is 21.1. The van der Waals surface area contributed by atoms with Crippen molar-refractivity contribution in [2.75, 3.05) is 6.61 Å². The lowest BCUT2D eigenvalue weighted by Gasteiger charge is -2.42. The minimum absolute atomic E-state index is 0.243. The molecule has 1 aromatic rings. The second-order valence-corrected chi connectivity index (χ2v) is 8.78. The molecular weight excluding hydrogens is 665 g/mol. The number of carbonyl (C=O) groups is 3. The number of rotatable bonds is 14. The van der Waals surface area contributed by atoms with Gasteiger partial charge in [0.2, 0.25) is 5.91 Å². The Hall–Kier alpha value is -3.36. The molecule has 5 nitrogen and oxygen atoms in total. The summed E-state index contributed by atoms with van der Waals surface area (Å²) in [6, 6.07) is 3.99. The van der Waals surface area contributed by atoms with Crippen molar-refractivity contribution in [1.82, 2.24) is 5.32 Å². The largest absolute Gasteiger partial charge is 0.464 e. The van der Waals surface area contributed by atoms with E-state index < -0.39 is 90.8 Å². The third-order valence-corrected chi connectivity index (χ3v) is 5.57. The van der Waals surface area contributed by atoms with Gasteiger partial charge in [-0.3, -0.25) is 9.59 Å².